The van der Waals surface area contributed by atoms with Crippen molar-refractivity contribution in [1.29, 1.82) is 0 Å². The van der Waals surface area contributed by atoms with Gasteiger partial charge < -0.3 is 53.1 Å². The predicted octanol–water partition coefficient (Wildman–Crippen LogP) is -3.36. The number of rotatable bonds is 14. The van der Waals surface area contributed by atoms with Gasteiger partial charge in [-0.3, -0.25) is 0 Å². The van der Waals surface area contributed by atoms with E-state index in [9.17, 15) is 65.8 Å². The maximum Gasteiger partial charge on any atom is 0.294 e. The molecule has 0 spiro atoms. The van der Waals surface area contributed by atoms with Crippen LogP contribution in [0.25, 0.3) is 0 Å². The fourth-order valence-corrected chi connectivity index (χ4v) is 3.99. The van der Waals surface area contributed by atoms with Crippen LogP contribution in [0.3, 0.4) is 0 Å². The van der Waals surface area contributed by atoms with Crippen LogP contribution in [0, 0.1) is 60.7 Å². The minimum absolute atomic E-state index is 0.0477. The SMILES string of the molecule is O=[N+]([O-])OCC(CO[N+](=O)[O-])O[N+](=O)[O-].O=[N+]([O-])O[C@@H]1CO[C@H]2[C@@H]1OC[C@@H]2O.O=[N+]([O-])O[C@H]1CO[C@H]2[C@@H]1OC[C@H]2O[N+](=O)[O-]. The number of aliphatic hydroxyl groups is 1. The Bertz CT molecular complexity index is 986. The number of hydrogen-bond acceptors (Lipinski definition) is 23. The Labute approximate surface area is 239 Å². The summed E-state index contributed by atoms with van der Waals surface area (Å²) >= 11 is 0. The van der Waals surface area contributed by atoms with E-state index in [1.165, 1.54) is 0 Å². The molecular weight excluding hydrogens is 632 g/mol. The molecule has 4 rings (SSSR count). The predicted molar refractivity (Wildman–Crippen MR) is 118 cm³/mol. The molecule has 4 saturated heterocycles. The number of aliphatic hydroxyl groups excluding tert-OH is 1. The summed E-state index contributed by atoms with van der Waals surface area (Å²) in [5.41, 5.74) is 0. The zero-order chi connectivity index (χ0) is 33.0. The Morgan fingerprint density at radius 2 is 0.886 bits per heavy atom. The van der Waals surface area contributed by atoms with E-state index in [1.807, 2.05) is 0 Å². The standard InChI is InChI=1S/C6H8N2O8.C6H9NO6.C3H5N3O9/c9-7(10)15-3-1-13-6-4(16-8(11)12)2-14-5(3)6;8-3-1-11-6-4(13-7(9)10)2-12-5(3)6;7-4(8)13-1-3(15-6(11)12)2-14-5(9)10/h3-6H,1-2H2;3-6,8H,1-2H2;3H,1-2H2/t3-,4+,5-,6-;3-,4+,5+,6+;/m10./s1. The lowest BCUT2D eigenvalue weighted by Gasteiger charge is -2.13. The molecule has 4 aliphatic rings. The Morgan fingerprint density at radius 3 is 1.23 bits per heavy atom. The molecule has 1 N–H and O–H groups in total. The van der Waals surface area contributed by atoms with E-state index in [-0.39, 0.29) is 26.4 Å². The van der Waals surface area contributed by atoms with E-state index < -0.39 is 98.7 Å². The first-order valence-electron chi connectivity index (χ1n) is 11.6. The third kappa shape index (κ3) is 11.3. The van der Waals surface area contributed by atoms with E-state index in [2.05, 4.69) is 29.0 Å². The molecule has 4 fully saturated rings. The van der Waals surface area contributed by atoms with Gasteiger partial charge in [0.2, 0.25) is 0 Å². The molecular formula is C15H22N6O23. The van der Waals surface area contributed by atoms with Crippen molar-refractivity contribution in [2.75, 3.05) is 39.6 Å². The molecule has 0 amide bonds. The van der Waals surface area contributed by atoms with Gasteiger partial charge in [0.25, 0.3) is 30.5 Å². The average molecular weight is 654 g/mol. The Morgan fingerprint density at radius 1 is 0.545 bits per heavy atom. The highest BCUT2D eigenvalue weighted by Crippen LogP contribution is 2.30. The topological polar surface area (TPSA) is 371 Å². The van der Waals surface area contributed by atoms with Gasteiger partial charge in [0.05, 0.1) is 26.4 Å². The summed E-state index contributed by atoms with van der Waals surface area (Å²) in [5.74, 6) is 0. The smallest absolute Gasteiger partial charge is 0.294 e. The lowest BCUT2D eigenvalue weighted by atomic mass is 10.1. The van der Waals surface area contributed by atoms with E-state index in [0.29, 0.717) is 0 Å². The summed E-state index contributed by atoms with van der Waals surface area (Å²) in [6.45, 7) is -1.55. The van der Waals surface area contributed by atoms with Gasteiger partial charge in [-0.15, -0.1) is 60.7 Å². The number of hydrogen-bond donors (Lipinski definition) is 1. The van der Waals surface area contributed by atoms with Gasteiger partial charge in [0, 0.05) is 0 Å². The normalized spacial score (nSPS) is 29.3. The second-order valence-corrected chi connectivity index (χ2v) is 8.35. The fraction of sp³-hybridized carbons (Fsp3) is 1.00. The molecule has 0 saturated carbocycles. The monoisotopic (exact) mass is 654 g/mol. The first-order valence-corrected chi connectivity index (χ1v) is 11.6. The van der Waals surface area contributed by atoms with Crippen molar-refractivity contribution in [3.05, 3.63) is 60.7 Å². The van der Waals surface area contributed by atoms with Gasteiger partial charge in [-0.25, -0.2) is 0 Å². The molecule has 29 nitrogen and oxygen atoms in total. The summed E-state index contributed by atoms with van der Waals surface area (Å²) in [7, 11) is 0. The first kappa shape index (κ1) is 35.2. The van der Waals surface area contributed by atoms with Gasteiger partial charge in [0.15, 0.2) is 24.4 Å². The fourth-order valence-electron chi connectivity index (χ4n) is 3.99. The molecule has 44 heavy (non-hydrogen) atoms. The van der Waals surface area contributed by atoms with Crippen LogP contribution in [0.1, 0.15) is 0 Å². The lowest BCUT2D eigenvalue weighted by molar-refractivity contribution is -0.803. The van der Waals surface area contributed by atoms with E-state index in [1.54, 1.807) is 0 Å². The van der Waals surface area contributed by atoms with Gasteiger partial charge in [-0.1, -0.05) is 0 Å². The lowest BCUT2D eigenvalue weighted by Crippen LogP contribution is -2.35. The third-order valence-corrected chi connectivity index (χ3v) is 5.58. The number of nitrogens with zero attached hydrogens (tertiary/aromatic N) is 6. The summed E-state index contributed by atoms with van der Waals surface area (Å²) in [4.78, 5) is 83.8. The highest BCUT2D eigenvalue weighted by Gasteiger charge is 2.51. The van der Waals surface area contributed by atoms with Crippen LogP contribution >= 0.6 is 0 Å². The van der Waals surface area contributed by atoms with Crippen LogP contribution in [0.15, 0.2) is 0 Å². The van der Waals surface area contributed by atoms with Crippen LogP contribution in [0.5, 0.6) is 0 Å². The molecule has 0 aromatic carbocycles. The van der Waals surface area contributed by atoms with Crippen molar-refractivity contribution in [3.8, 4) is 0 Å². The number of fused-ring (bicyclic) bond motifs is 2. The third-order valence-electron chi connectivity index (χ3n) is 5.58. The highest BCUT2D eigenvalue weighted by atomic mass is 17.0. The largest absolute Gasteiger partial charge is 0.388 e. The quantitative estimate of drug-likeness (QED) is 0.141. The molecule has 8 atom stereocenters. The van der Waals surface area contributed by atoms with Crippen LogP contribution in [-0.2, 0) is 48.0 Å². The second-order valence-electron chi connectivity index (χ2n) is 8.35. The van der Waals surface area contributed by atoms with E-state index >= 15 is 0 Å². The van der Waals surface area contributed by atoms with E-state index in [4.69, 9.17) is 18.9 Å². The van der Waals surface area contributed by atoms with Crippen molar-refractivity contribution >= 4 is 0 Å². The minimum atomic E-state index is -1.55. The van der Waals surface area contributed by atoms with Gasteiger partial charge in [0.1, 0.15) is 43.7 Å². The van der Waals surface area contributed by atoms with Crippen molar-refractivity contribution in [2.24, 2.45) is 0 Å². The molecule has 0 aromatic rings. The zero-order valence-electron chi connectivity index (χ0n) is 21.6. The molecule has 0 aliphatic carbocycles. The molecule has 0 radical (unpaired) electrons. The van der Waals surface area contributed by atoms with Gasteiger partial charge in [-0.05, 0) is 0 Å². The summed E-state index contributed by atoms with van der Waals surface area (Å²) in [6.07, 6.45) is -7.07. The molecule has 0 unspecified atom stereocenters. The molecule has 0 bridgehead atoms. The van der Waals surface area contributed by atoms with Gasteiger partial charge in [-0.2, -0.15) is 0 Å². The first-order chi connectivity index (χ1) is 20.7. The van der Waals surface area contributed by atoms with Crippen molar-refractivity contribution in [3.63, 3.8) is 0 Å². The van der Waals surface area contributed by atoms with E-state index in [0.717, 1.165) is 0 Å². The maximum atomic E-state index is 10.1. The summed E-state index contributed by atoms with van der Waals surface area (Å²) in [5, 5.41) is 62.4. The van der Waals surface area contributed by atoms with Crippen molar-refractivity contribution < 1.29 is 83.6 Å². The Hall–Kier alpha value is -5.00. The highest BCUT2D eigenvalue weighted by molar-refractivity contribution is 4.95. The average Bonchev–Trinajstić information content (AvgIpc) is 3.67. The molecule has 4 heterocycles. The Balaban J connectivity index is 0.000000231. The number of ether oxygens (including phenoxy) is 4. The molecule has 29 heteroatoms. The van der Waals surface area contributed by atoms with Crippen LogP contribution < -0.4 is 0 Å². The Kier molecular flexibility index (Phi) is 13.3. The van der Waals surface area contributed by atoms with Crippen LogP contribution in [0.4, 0.5) is 0 Å². The zero-order valence-corrected chi connectivity index (χ0v) is 21.6. The maximum absolute atomic E-state index is 10.1. The second kappa shape index (κ2) is 16.6. The summed E-state index contributed by atoms with van der Waals surface area (Å²) in [6, 6.07) is 0. The summed E-state index contributed by atoms with van der Waals surface area (Å²) < 4.78 is 20.4. The van der Waals surface area contributed by atoms with Gasteiger partial charge >= 0.3 is 0 Å². The minimum Gasteiger partial charge on any atom is -0.388 e. The molecule has 250 valence electrons. The molecule has 0 aromatic heterocycles. The van der Waals surface area contributed by atoms with Crippen LogP contribution in [0.2, 0.25) is 0 Å². The molecule has 4 aliphatic heterocycles. The van der Waals surface area contributed by atoms with Crippen molar-refractivity contribution in [1.82, 2.24) is 0 Å². The van der Waals surface area contributed by atoms with Crippen LogP contribution in [-0.4, -0.2) is 130 Å². The van der Waals surface area contributed by atoms with Crippen molar-refractivity contribution in [2.45, 2.75) is 54.9 Å².